The van der Waals surface area contributed by atoms with Crippen molar-refractivity contribution in [1.29, 1.82) is 0 Å². The number of halogens is 2. The molecule has 1 amide bonds. The maximum absolute atomic E-state index is 15.5. The maximum Gasteiger partial charge on any atom is 0.411 e. The summed E-state index contributed by atoms with van der Waals surface area (Å²) in [5.41, 5.74) is -1.92. The zero-order valence-corrected chi connectivity index (χ0v) is 25.7. The standard InChI is InChI=1S/C30H42ClFN6O4/c1-18-9-30(10-19(2)13-37(30)12-18)17-41-26-34-23-21(11-33-24(31)22(23)32)25(35-26)36-14-20-7-8-29(15-36,16-40-6)38(20)27(39)42-28(3,4)5/h11,18-20H,7-10,12-17H2,1-6H3/i6D3. The number of carbonyl (C=O) groups excluding carboxylic acids is 1. The summed E-state index contributed by atoms with van der Waals surface area (Å²) in [6, 6.07) is -0.303. The van der Waals surface area contributed by atoms with Crippen LogP contribution in [0.2, 0.25) is 5.15 Å². The van der Waals surface area contributed by atoms with Crippen molar-refractivity contribution in [1.82, 2.24) is 24.8 Å². The molecule has 42 heavy (non-hydrogen) atoms. The Morgan fingerprint density at radius 2 is 1.90 bits per heavy atom. The number of piperazine rings is 1. The van der Waals surface area contributed by atoms with Gasteiger partial charge in [-0.15, -0.1) is 0 Å². The van der Waals surface area contributed by atoms with Crippen LogP contribution in [0.15, 0.2) is 6.20 Å². The highest BCUT2D eigenvalue weighted by atomic mass is 35.5. The first-order valence-electron chi connectivity index (χ1n) is 16.3. The number of anilines is 1. The van der Waals surface area contributed by atoms with Gasteiger partial charge in [0.1, 0.15) is 23.5 Å². The van der Waals surface area contributed by atoms with E-state index in [4.69, 9.17) is 34.9 Å². The monoisotopic (exact) mass is 607 g/mol. The van der Waals surface area contributed by atoms with Crippen LogP contribution in [0.4, 0.5) is 15.0 Å². The van der Waals surface area contributed by atoms with Crippen molar-refractivity contribution in [3.8, 4) is 6.01 Å². The van der Waals surface area contributed by atoms with Crippen LogP contribution in [0.5, 0.6) is 6.01 Å². The van der Waals surface area contributed by atoms with E-state index in [1.807, 2.05) is 4.90 Å². The molecule has 4 unspecified atom stereocenters. The zero-order valence-electron chi connectivity index (χ0n) is 28.0. The molecule has 6 heterocycles. The van der Waals surface area contributed by atoms with Gasteiger partial charge in [0.2, 0.25) is 0 Å². The first-order chi connectivity index (χ1) is 21.0. The number of rotatable bonds is 6. The van der Waals surface area contributed by atoms with Gasteiger partial charge in [0.05, 0.1) is 33.2 Å². The molecule has 2 aromatic heterocycles. The first-order valence-corrected chi connectivity index (χ1v) is 15.2. The van der Waals surface area contributed by atoms with Crippen molar-refractivity contribution < 1.29 is 27.5 Å². The molecule has 4 aliphatic rings. The van der Waals surface area contributed by atoms with E-state index in [0.717, 1.165) is 25.9 Å². The van der Waals surface area contributed by atoms with Crippen molar-refractivity contribution in [3.63, 3.8) is 0 Å². The Kier molecular flexibility index (Phi) is 6.54. The molecule has 2 aromatic rings. The summed E-state index contributed by atoms with van der Waals surface area (Å²) in [5.74, 6) is 0.686. The van der Waals surface area contributed by atoms with Gasteiger partial charge in [-0.05, 0) is 58.3 Å². The van der Waals surface area contributed by atoms with E-state index in [0.29, 0.717) is 49.0 Å². The molecule has 0 aromatic carbocycles. The number of aromatic nitrogens is 3. The fraction of sp³-hybridized carbons (Fsp3) is 0.733. The van der Waals surface area contributed by atoms with Crippen molar-refractivity contribution in [2.24, 2.45) is 11.8 Å². The van der Waals surface area contributed by atoms with E-state index >= 15 is 4.39 Å². The van der Waals surface area contributed by atoms with E-state index < -0.39 is 30.1 Å². The van der Waals surface area contributed by atoms with Crippen LogP contribution < -0.4 is 9.64 Å². The van der Waals surface area contributed by atoms with Gasteiger partial charge < -0.3 is 19.1 Å². The lowest BCUT2D eigenvalue weighted by atomic mass is 9.89. The Hall–Kier alpha value is -2.50. The number of carbonyl (C=O) groups is 1. The number of ether oxygens (including phenoxy) is 3. The van der Waals surface area contributed by atoms with Gasteiger partial charge in [0.15, 0.2) is 11.0 Å². The molecule has 2 bridgehead atoms. The molecule has 230 valence electrons. The summed E-state index contributed by atoms with van der Waals surface area (Å²) in [4.78, 5) is 32.9. The van der Waals surface area contributed by atoms with Gasteiger partial charge in [-0.25, -0.2) is 14.2 Å². The third-order valence-corrected chi connectivity index (χ3v) is 9.49. The molecule has 4 aliphatic heterocycles. The van der Waals surface area contributed by atoms with E-state index in [1.165, 1.54) is 6.20 Å². The van der Waals surface area contributed by atoms with Crippen LogP contribution in [-0.4, -0.2) is 100.0 Å². The van der Waals surface area contributed by atoms with Gasteiger partial charge in [-0.3, -0.25) is 9.80 Å². The number of hydrogen-bond acceptors (Lipinski definition) is 9. The van der Waals surface area contributed by atoms with Crippen LogP contribution in [0, 0.1) is 17.7 Å². The lowest BCUT2D eigenvalue weighted by Gasteiger charge is -2.49. The summed E-state index contributed by atoms with van der Waals surface area (Å²) in [6.07, 6.45) is 3.99. The van der Waals surface area contributed by atoms with Crippen LogP contribution >= 0.6 is 11.6 Å². The molecule has 0 N–H and O–H groups in total. The second-order valence-corrected chi connectivity index (χ2v) is 14.3. The smallest absolute Gasteiger partial charge is 0.411 e. The second-order valence-electron chi connectivity index (χ2n) is 13.9. The minimum absolute atomic E-state index is 0.0151. The average Bonchev–Trinajstić information content (AvgIpc) is 3.48. The van der Waals surface area contributed by atoms with Crippen LogP contribution in [-0.2, 0) is 9.47 Å². The molecule has 12 heteroatoms. The zero-order chi connectivity index (χ0) is 32.5. The maximum atomic E-state index is 15.5. The highest BCUT2D eigenvalue weighted by Gasteiger charge is 2.55. The molecule has 6 rings (SSSR count). The molecular formula is C30H42ClFN6O4. The predicted molar refractivity (Wildman–Crippen MR) is 158 cm³/mol. The molecule has 0 spiro atoms. The van der Waals surface area contributed by atoms with Crippen molar-refractivity contribution in [2.45, 2.75) is 83.0 Å². The van der Waals surface area contributed by atoms with Gasteiger partial charge in [0.25, 0.3) is 0 Å². The fourth-order valence-electron chi connectivity index (χ4n) is 7.91. The third kappa shape index (κ3) is 5.15. The fourth-order valence-corrected chi connectivity index (χ4v) is 8.04. The van der Waals surface area contributed by atoms with E-state index in [1.54, 1.807) is 25.7 Å². The molecule has 4 saturated heterocycles. The number of fused-ring (bicyclic) bond motifs is 4. The summed E-state index contributed by atoms with van der Waals surface area (Å²) in [6.45, 7) is 12.5. The number of nitrogens with zero attached hydrogens (tertiary/aromatic N) is 6. The number of pyridine rings is 1. The van der Waals surface area contributed by atoms with E-state index in [9.17, 15) is 4.79 Å². The van der Waals surface area contributed by atoms with Crippen LogP contribution in [0.1, 0.15) is 64.4 Å². The van der Waals surface area contributed by atoms with E-state index in [2.05, 4.69) is 28.7 Å². The SMILES string of the molecule is [2H]C([2H])([2H])OCC12CCC(CN(c3nc(OCC45CC(C)CN4CC(C)C5)nc4c(F)c(Cl)ncc34)C1)N2C(=O)OC(C)(C)C. The Balaban J connectivity index is 1.36. The lowest BCUT2D eigenvalue weighted by molar-refractivity contribution is -0.0261. The number of amides is 1. The van der Waals surface area contributed by atoms with Crippen molar-refractivity contribution >= 4 is 34.4 Å². The van der Waals surface area contributed by atoms with Crippen LogP contribution in [0.3, 0.4) is 0 Å². The minimum atomic E-state index is -2.66. The predicted octanol–water partition coefficient (Wildman–Crippen LogP) is 4.92. The Labute approximate surface area is 256 Å². The Morgan fingerprint density at radius 1 is 1.17 bits per heavy atom. The quantitative estimate of drug-likeness (QED) is 0.424. The van der Waals surface area contributed by atoms with Gasteiger partial charge in [-0.2, -0.15) is 9.97 Å². The minimum Gasteiger partial charge on any atom is -0.461 e. The Bertz CT molecular complexity index is 1460. The van der Waals surface area contributed by atoms with Gasteiger partial charge in [-0.1, -0.05) is 25.4 Å². The summed E-state index contributed by atoms with van der Waals surface area (Å²) in [7, 11) is -2.66. The number of methoxy groups -OCH3 is 1. The molecule has 0 aliphatic carbocycles. The highest BCUT2D eigenvalue weighted by molar-refractivity contribution is 6.30. The van der Waals surface area contributed by atoms with Gasteiger partial charge in [0, 0.05) is 39.4 Å². The first kappa shape index (κ1) is 25.9. The summed E-state index contributed by atoms with van der Waals surface area (Å²) < 4.78 is 56.0. The highest BCUT2D eigenvalue weighted by Crippen LogP contribution is 2.45. The summed E-state index contributed by atoms with van der Waals surface area (Å²) >= 11 is 6.10. The largest absolute Gasteiger partial charge is 0.461 e. The van der Waals surface area contributed by atoms with E-state index in [-0.39, 0.29) is 41.4 Å². The molecule has 4 fully saturated rings. The second kappa shape index (κ2) is 10.6. The molecule has 4 atom stereocenters. The normalized spacial score (nSPS) is 32.5. The Morgan fingerprint density at radius 3 is 2.60 bits per heavy atom. The topological polar surface area (TPSA) is 93.2 Å². The molecule has 10 nitrogen and oxygen atoms in total. The summed E-state index contributed by atoms with van der Waals surface area (Å²) in [5, 5.41) is 0.0273. The van der Waals surface area contributed by atoms with Gasteiger partial charge >= 0.3 is 12.1 Å². The average molecular weight is 608 g/mol. The number of hydrogen-bond donors (Lipinski definition) is 0. The third-order valence-electron chi connectivity index (χ3n) is 9.23. The molecule has 0 saturated carbocycles. The van der Waals surface area contributed by atoms with Crippen molar-refractivity contribution in [3.05, 3.63) is 17.2 Å². The lowest BCUT2D eigenvalue weighted by Crippen LogP contribution is -2.66. The van der Waals surface area contributed by atoms with Crippen molar-refractivity contribution in [2.75, 3.05) is 51.3 Å². The molecular weight excluding hydrogens is 563 g/mol. The molecule has 0 radical (unpaired) electrons. The van der Waals surface area contributed by atoms with Crippen LogP contribution in [0.25, 0.3) is 10.9 Å².